The zero-order valence-corrected chi connectivity index (χ0v) is 9.81. The standard InChI is InChI=1S/C12H7BrN2O/c13-9-3-4-11-10(6-9)15-12(16-11)8-2-1-5-14-7-8/h1-7H. The van der Waals surface area contributed by atoms with E-state index in [0.29, 0.717) is 5.89 Å². The van der Waals surface area contributed by atoms with Crippen LogP contribution < -0.4 is 0 Å². The van der Waals surface area contributed by atoms with Crippen molar-refractivity contribution in [3.05, 3.63) is 47.2 Å². The van der Waals surface area contributed by atoms with Gasteiger partial charge in [-0.25, -0.2) is 4.98 Å². The van der Waals surface area contributed by atoms with Gasteiger partial charge >= 0.3 is 0 Å². The van der Waals surface area contributed by atoms with E-state index in [1.54, 1.807) is 12.4 Å². The first-order chi connectivity index (χ1) is 7.83. The lowest BCUT2D eigenvalue weighted by atomic mass is 10.3. The molecule has 0 spiro atoms. The van der Waals surface area contributed by atoms with Crippen LogP contribution in [0.4, 0.5) is 0 Å². The monoisotopic (exact) mass is 274 g/mol. The maximum absolute atomic E-state index is 5.64. The van der Waals surface area contributed by atoms with Gasteiger partial charge in [0.15, 0.2) is 5.58 Å². The molecular formula is C12H7BrN2O. The van der Waals surface area contributed by atoms with Crippen LogP contribution in [0.2, 0.25) is 0 Å². The molecule has 3 aromatic rings. The zero-order chi connectivity index (χ0) is 11.0. The van der Waals surface area contributed by atoms with E-state index in [-0.39, 0.29) is 0 Å². The Hall–Kier alpha value is -1.68. The van der Waals surface area contributed by atoms with Gasteiger partial charge in [0.2, 0.25) is 5.89 Å². The number of hydrogen-bond acceptors (Lipinski definition) is 3. The number of fused-ring (bicyclic) bond motifs is 1. The quantitative estimate of drug-likeness (QED) is 0.680. The van der Waals surface area contributed by atoms with Gasteiger partial charge in [-0.2, -0.15) is 0 Å². The maximum Gasteiger partial charge on any atom is 0.228 e. The second-order valence-corrected chi connectivity index (χ2v) is 4.29. The highest BCUT2D eigenvalue weighted by Gasteiger charge is 2.07. The van der Waals surface area contributed by atoms with Crippen molar-refractivity contribution in [2.45, 2.75) is 0 Å². The molecule has 78 valence electrons. The molecule has 0 N–H and O–H groups in total. The van der Waals surface area contributed by atoms with Gasteiger partial charge in [-0.15, -0.1) is 0 Å². The van der Waals surface area contributed by atoms with Crippen molar-refractivity contribution >= 4 is 27.0 Å². The number of hydrogen-bond donors (Lipinski definition) is 0. The van der Waals surface area contributed by atoms with E-state index in [1.807, 2.05) is 30.3 Å². The number of aromatic nitrogens is 2. The first kappa shape index (κ1) is 9.54. The molecular weight excluding hydrogens is 268 g/mol. The molecule has 0 atom stereocenters. The molecule has 0 amide bonds. The summed E-state index contributed by atoms with van der Waals surface area (Å²) in [4.78, 5) is 8.45. The Balaban J connectivity index is 2.19. The lowest BCUT2D eigenvalue weighted by Gasteiger charge is -1.90. The van der Waals surface area contributed by atoms with Gasteiger partial charge < -0.3 is 4.42 Å². The maximum atomic E-state index is 5.64. The van der Waals surface area contributed by atoms with Crippen LogP contribution >= 0.6 is 15.9 Å². The summed E-state index contributed by atoms with van der Waals surface area (Å²) in [6.07, 6.45) is 3.46. The Morgan fingerprint density at radius 1 is 1.19 bits per heavy atom. The summed E-state index contributed by atoms with van der Waals surface area (Å²) in [5, 5.41) is 0. The van der Waals surface area contributed by atoms with Crippen LogP contribution in [-0.2, 0) is 0 Å². The molecule has 0 saturated heterocycles. The molecule has 2 aromatic heterocycles. The number of nitrogens with zero attached hydrogens (tertiary/aromatic N) is 2. The lowest BCUT2D eigenvalue weighted by Crippen LogP contribution is -1.77. The molecule has 0 aliphatic rings. The third kappa shape index (κ3) is 1.61. The lowest BCUT2D eigenvalue weighted by molar-refractivity contribution is 0.619. The molecule has 1 aromatic carbocycles. The number of benzene rings is 1. The van der Waals surface area contributed by atoms with Crippen LogP contribution in [0.15, 0.2) is 51.6 Å². The molecule has 0 aliphatic heterocycles. The van der Waals surface area contributed by atoms with Gasteiger partial charge in [0, 0.05) is 16.9 Å². The summed E-state index contributed by atoms with van der Waals surface area (Å²) < 4.78 is 6.63. The first-order valence-corrected chi connectivity index (χ1v) is 5.59. The van der Waals surface area contributed by atoms with E-state index in [0.717, 1.165) is 21.1 Å². The van der Waals surface area contributed by atoms with Crippen LogP contribution in [0.1, 0.15) is 0 Å². The van der Waals surface area contributed by atoms with Crippen LogP contribution in [0.3, 0.4) is 0 Å². The molecule has 16 heavy (non-hydrogen) atoms. The van der Waals surface area contributed by atoms with E-state index in [4.69, 9.17) is 4.42 Å². The molecule has 0 saturated carbocycles. The van der Waals surface area contributed by atoms with Crippen molar-refractivity contribution in [2.24, 2.45) is 0 Å². The zero-order valence-electron chi connectivity index (χ0n) is 8.22. The Labute approximate surface area is 100 Å². The number of pyridine rings is 1. The van der Waals surface area contributed by atoms with Crippen molar-refractivity contribution < 1.29 is 4.42 Å². The Morgan fingerprint density at radius 2 is 2.12 bits per heavy atom. The fourth-order valence-electron chi connectivity index (χ4n) is 1.51. The van der Waals surface area contributed by atoms with Crippen molar-refractivity contribution in [1.82, 2.24) is 9.97 Å². The van der Waals surface area contributed by atoms with Crippen molar-refractivity contribution in [3.8, 4) is 11.5 Å². The highest BCUT2D eigenvalue weighted by molar-refractivity contribution is 9.10. The highest BCUT2D eigenvalue weighted by atomic mass is 79.9. The minimum Gasteiger partial charge on any atom is -0.436 e. The Kier molecular flexibility index (Phi) is 2.22. The van der Waals surface area contributed by atoms with Gasteiger partial charge in [0.25, 0.3) is 0 Å². The largest absolute Gasteiger partial charge is 0.436 e. The highest BCUT2D eigenvalue weighted by Crippen LogP contribution is 2.25. The normalized spacial score (nSPS) is 10.8. The third-order valence-corrected chi connectivity index (χ3v) is 2.75. The van der Waals surface area contributed by atoms with Gasteiger partial charge in [0.05, 0.1) is 5.56 Å². The average molecular weight is 275 g/mol. The molecule has 3 nitrogen and oxygen atoms in total. The van der Waals surface area contributed by atoms with E-state index in [2.05, 4.69) is 25.9 Å². The summed E-state index contributed by atoms with van der Waals surface area (Å²) in [6.45, 7) is 0. The molecule has 4 heteroatoms. The predicted octanol–water partition coefficient (Wildman–Crippen LogP) is 3.65. The molecule has 0 unspecified atom stereocenters. The van der Waals surface area contributed by atoms with Crippen molar-refractivity contribution in [1.29, 1.82) is 0 Å². The molecule has 0 aliphatic carbocycles. The van der Waals surface area contributed by atoms with Crippen LogP contribution in [0, 0.1) is 0 Å². The number of halogens is 1. The van der Waals surface area contributed by atoms with E-state index < -0.39 is 0 Å². The fourth-order valence-corrected chi connectivity index (χ4v) is 1.86. The third-order valence-electron chi connectivity index (χ3n) is 2.26. The SMILES string of the molecule is Brc1ccc2oc(-c3cccnc3)nc2c1. The minimum absolute atomic E-state index is 0.598. The number of rotatable bonds is 1. The second-order valence-electron chi connectivity index (χ2n) is 3.37. The molecule has 2 heterocycles. The van der Waals surface area contributed by atoms with Gasteiger partial charge in [-0.1, -0.05) is 15.9 Å². The van der Waals surface area contributed by atoms with Gasteiger partial charge in [-0.05, 0) is 30.3 Å². The molecule has 0 bridgehead atoms. The van der Waals surface area contributed by atoms with Crippen LogP contribution in [0.25, 0.3) is 22.6 Å². The summed E-state index contributed by atoms with van der Waals surface area (Å²) in [6, 6.07) is 9.54. The van der Waals surface area contributed by atoms with E-state index in [9.17, 15) is 0 Å². The first-order valence-electron chi connectivity index (χ1n) is 4.79. The summed E-state index contributed by atoms with van der Waals surface area (Å²) in [5.74, 6) is 0.598. The minimum atomic E-state index is 0.598. The van der Waals surface area contributed by atoms with E-state index in [1.165, 1.54) is 0 Å². The van der Waals surface area contributed by atoms with Crippen LogP contribution in [-0.4, -0.2) is 9.97 Å². The van der Waals surface area contributed by atoms with Crippen molar-refractivity contribution in [2.75, 3.05) is 0 Å². The molecule has 0 radical (unpaired) electrons. The summed E-state index contributed by atoms with van der Waals surface area (Å²) in [5.41, 5.74) is 2.50. The Morgan fingerprint density at radius 3 is 2.94 bits per heavy atom. The number of oxazole rings is 1. The molecule has 3 rings (SSSR count). The smallest absolute Gasteiger partial charge is 0.228 e. The fraction of sp³-hybridized carbons (Fsp3) is 0. The van der Waals surface area contributed by atoms with Crippen molar-refractivity contribution in [3.63, 3.8) is 0 Å². The van der Waals surface area contributed by atoms with Gasteiger partial charge in [0.1, 0.15) is 5.52 Å². The van der Waals surface area contributed by atoms with Gasteiger partial charge in [-0.3, -0.25) is 4.98 Å². The Bertz CT molecular complexity index is 634. The predicted molar refractivity (Wildman–Crippen MR) is 64.9 cm³/mol. The average Bonchev–Trinajstić information content (AvgIpc) is 2.73. The van der Waals surface area contributed by atoms with E-state index >= 15 is 0 Å². The van der Waals surface area contributed by atoms with Crippen LogP contribution in [0.5, 0.6) is 0 Å². The second kappa shape index (κ2) is 3.72. The summed E-state index contributed by atoms with van der Waals surface area (Å²) >= 11 is 3.40. The molecule has 0 fully saturated rings. The summed E-state index contributed by atoms with van der Waals surface area (Å²) in [7, 11) is 0. The topological polar surface area (TPSA) is 38.9 Å².